The molecule has 0 saturated heterocycles. The number of rotatable bonds is 3. The van der Waals surface area contributed by atoms with Crippen LogP contribution in [0.15, 0.2) is 67.5 Å². The second-order valence-corrected chi connectivity index (χ2v) is 6.95. The zero-order chi connectivity index (χ0) is 20.8. The summed E-state index contributed by atoms with van der Waals surface area (Å²) < 4.78 is 13.3. The lowest BCUT2D eigenvalue weighted by Gasteiger charge is -2.01. The Balaban J connectivity index is 1.51. The minimum atomic E-state index is -0.290. The molecule has 0 fully saturated rings. The number of H-pyrrole nitrogens is 2. The molecule has 6 aromatic rings. The van der Waals surface area contributed by atoms with Gasteiger partial charge in [0.25, 0.3) is 0 Å². The molecular formula is C22H13FN8. The van der Waals surface area contributed by atoms with Gasteiger partial charge in [-0.3, -0.25) is 25.0 Å². The van der Waals surface area contributed by atoms with Gasteiger partial charge in [-0.05, 0) is 23.8 Å². The summed E-state index contributed by atoms with van der Waals surface area (Å²) in [5.74, 6) is 0.302. The van der Waals surface area contributed by atoms with E-state index in [4.69, 9.17) is 4.98 Å². The summed E-state index contributed by atoms with van der Waals surface area (Å²) >= 11 is 0. The van der Waals surface area contributed by atoms with E-state index in [9.17, 15) is 4.39 Å². The maximum absolute atomic E-state index is 13.3. The molecule has 0 aliphatic rings. The second-order valence-electron chi connectivity index (χ2n) is 6.95. The fraction of sp³-hybridized carbons (Fsp3) is 0. The normalized spacial score (nSPS) is 11.4. The molecule has 0 unspecified atom stereocenters. The molecule has 5 aromatic heterocycles. The summed E-state index contributed by atoms with van der Waals surface area (Å²) in [6.45, 7) is 0. The summed E-state index contributed by atoms with van der Waals surface area (Å²) in [6.07, 6.45) is 10.0. The Labute approximate surface area is 174 Å². The highest BCUT2D eigenvalue weighted by Crippen LogP contribution is 2.31. The first-order valence-electron chi connectivity index (χ1n) is 9.47. The summed E-state index contributed by atoms with van der Waals surface area (Å²) in [5.41, 5.74) is 5.92. The molecule has 2 N–H and O–H groups in total. The summed E-state index contributed by atoms with van der Waals surface area (Å²) in [5, 5.41) is 8.29. The van der Waals surface area contributed by atoms with Gasteiger partial charge in [0.1, 0.15) is 17.2 Å². The van der Waals surface area contributed by atoms with E-state index in [-0.39, 0.29) is 5.82 Å². The molecule has 148 valence electrons. The van der Waals surface area contributed by atoms with Gasteiger partial charge >= 0.3 is 0 Å². The van der Waals surface area contributed by atoms with Crippen molar-refractivity contribution >= 4 is 21.9 Å². The molecule has 31 heavy (non-hydrogen) atoms. The van der Waals surface area contributed by atoms with Crippen molar-refractivity contribution in [2.24, 2.45) is 0 Å². The fourth-order valence-corrected chi connectivity index (χ4v) is 3.55. The van der Waals surface area contributed by atoms with Crippen molar-refractivity contribution in [3.8, 4) is 34.0 Å². The van der Waals surface area contributed by atoms with E-state index in [2.05, 4.69) is 35.1 Å². The third-order valence-electron chi connectivity index (χ3n) is 5.05. The highest BCUT2D eigenvalue weighted by Gasteiger charge is 2.16. The van der Waals surface area contributed by atoms with Crippen LogP contribution in [0.4, 0.5) is 4.39 Å². The number of nitrogens with one attached hydrogen (secondary N) is 2. The molecule has 5 heterocycles. The number of imidazole rings is 1. The number of fused-ring (bicyclic) bond motifs is 2. The second kappa shape index (κ2) is 6.77. The summed E-state index contributed by atoms with van der Waals surface area (Å²) in [6, 6.07) is 8.17. The van der Waals surface area contributed by atoms with Gasteiger partial charge in [-0.15, -0.1) is 0 Å². The van der Waals surface area contributed by atoms with E-state index >= 15 is 0 Å². The number of halogens is 1. The number of nitrogens with zero attached hydrogens (tertiary/aromatic N) is 6. The van der Waals surface area contributed by atoms with Gasteiger partial charge in [0.05, 0.1) is 40.8 Å². The van der Waals surface area contributed by atoms with Crippen molar-refractivity contribution < 1.29 is 4.39 Å². The number of hydrogen-bond donors (Lipinski definition) is 2. The van der Waals surface area contributed by atoms with E-state index in [0.29, 0.717) is 22.9 Å². The zero-order valence-electron chi connectivity index (χ0n) is 15.9. The lowest BCUT2D eigenvalue weighted by molar-refractivity contribution is 0.628. The van der Waals surface area contributed by atoms with Crippen LogP contribution >= 0.6 is 0 Å². The van der Waals surface area contributed by atoms with Crippen LogP contribution in [0, 0.1) is 5.82 Å². The van der Waals surface area contributed by atoms with Crippen molar-refractivity contribution in [1.82, 2.24) is 40.1 Å². The first-order valence-corrected chi connectivity index (χ1v) is 9.47. The van der Waals surface area contributed by atoms with Gasteiger partial charge in [0.2, 0.25) is 0 Å². The lowest BCUT2D eigenvalue weighted by Crippen LogP contribution is -1.88. The van der Waals surface area contributed by atoms with Crippen LogP contribution in [-0.4, -0.2) is 40.1 Å². The van der Waals surface area contributed by atoms with Gasteiger partial charge in [-0.1, -0.05) is 12.1 Å². The predicted molar refractivity (Wildman–Crippen MR) is 113 cm³/mol. The van der Waals surface area contributed by atoms with Crippen molar-refractivity contribution in [1.29, 1.82) is 0 Å². The minimum absolute atomic E-state index is 0.290. The van der Waals surface area contributed by atoms with E-state index in [0.717, 1.165) is 33.1 Å². The molecule has 0 atom stereocenters. The van der Waals surface area contributed by atoms with E-state index in [1.807, 2.05) is 6.07 Å². The minimum Gasteiger partial charge on any atom is -0.335 e. The first-order chi connectivity index (χ1) is 15.3. The Morgan fingerprint density at radius 2 is 1.71 bits per heavy atom. The lowest BCUT2D eigenvalue weighted by atomic mass is 10.1. The van der Waals surface area contributed by atoms with Crippen LogP contribution in [0.3, 0.4) is 0 Å². The molecule has 6 rings (SSSR count). The number of aromatic nitrogens is 8. The third kappa shape index (κ3) is 2.91. The molecule has 1 aromatic carbocycles. The van der Waals surface area contributed by atoms with Crippen LogP contribution in [-0.2, 0) is 0 Å². The smallest absolute Gasteiger partial charge is 0.159 e. The van der Waals surface area contributed by atoms with Gasteiger partial charge < -0.3 is 4.98 Å². The Morgan fingerprint density at radius 1 is 0.806 bits per heavy atom. The van der Waals surface area contributed by atoms with Crippen molar-refractivity contribution in [3.05, 3.63) is 73.3 Å². The number of pyridine rings is 2. The van der Waals surface area contributed by atoms with E-state index in [1.165, 1.54) is 12.1 Å². The van der Waals surface area contributed by atoms with Gasteiger partial charge in [-0.2, -0.15) is 5.10 Å². The third-order valence-corrected chi connectivity index (χ3v) is 5.05. The molecule has 0 amide bonds. The van der Waals surface area contributed by atoms with Gasteiger partial charge in [0.15, 0.2) is 5.82 Å². The van der Waals surface area contributed by atoms with Crippen molar-refractivity contribution in [3.63, 3.8) is 0 Å². The molecule has 0 aliphatic carbocycles. The summed E-state index contributed by atoms with van der Waals surface area (Å²) in [7, 11) is 0. The average Bonchev–Trinajstić information content (AvgIpc) is 3.43. The van der Waals surface area contributed by atoms with Crippen molar-refractivity contribution in [2.75, 3.05) is 0 Å². The van der Waals surface area contributed by atoms with E-state index in [1.54, 1.807) is 49.3 Å². The number of aromatic amines is 2. The van der Waals surface area contributed by atoms with Crippen LogP contribution in [0.2, 0.25) is 0 Å². The van der Waals surface area contributed by atoms with Gasteiger partial charge in [0, 0.05) is 29.5 Å². The highest BCUT2D eigenvalue weighted by atomic mass is 19.1. The number of hydrogen-bond acceptors (Lipinski definition) is 6. The fourth-order valence-electron chi connectivity index (χ4n) is 3.55. The summed E-state index contributed by atoms with van der Waals surface area (Å²) in [4.78, 5) is 25.2. The maximum Gasteiger partial charge on any atom is 0.159 e. The largest absolute Gasteiger partial charge is 0.335 e. The van der Waals surface area contributed by atoms with Crippen LogP contribution in [0.1, 0.15) is 0 Å². The SMILES string of the molecule is Fc1ccc(-c2cncc3[nH]c(-c4n[nH]c5cnc(-c6cnccn6)cc45)nc23)cc1. The van der Waals surface area contributed by atoms with Gasteiger partial charge in [-0.25, -0.2) is 9.37 Å². The Bertz CT molecular complexity index is 1540. The Morgan fingerprint density at radius 3 is 2.55 bits per heavy atom. The van der Waals surface area contributed by atoms with Crippen LogP contribution < -0.4 is 0 Å². The maximum atomic E-state index is 13.3. The quantitative estimate of drug-likeness (QED) is 0.455. The van der Waals surface area contributed by atoms with Crippen molar-refractivity contribution in [2.45, 2.75) is 0 Å². The molecule has 0 aliphatic heterocycles. The molecule has 0 radical (unpaired) electrons. The Kier molecular flexibility index (Phi) is 3.79. The molecule has 8 nitrogen and oxygen atoms in total. The first kappa shape index (κ1) is 17.3. The molecule has 9 heteroatoms. The highest BCUT2D eigenvalue weighted by molar-refractivity contribution is 5.97. The average molecular weight is 408 g/mol. The molecule has 0 bridgehead atoms. The standard InChI is InChI=1S/C22H13FN8/c23-13-3-1-12(2-4-13)15-8-25-10-19-20(15)29-22(28-19)21-14-7-16(18-9-24-5-6-26-18)27-11-17(14)30-31-21/h1-11H,(H,28,29)(H,30,31). The molecule has 0 spiro atoms. The Hall–Kier alpha value is -4.53. The molecular weight excluding hydrogens is 395 g/mol. The molecule has 0 saturated carbocycles. The van der Waals surface area contributed by atoms with Crippen LogP contribution in [0.5, 0.6) is 0 Å². The predicted octanol–water partition coefficient (Wildman–Crippen LogP) is 4.16. The number of benzene rings is 1. The monoisotopic (exact) mass is 408 g/mol. The van der Waals surface area contributed by atoms with Crippen LogP contribution in [0.25, 0.3) is 56.0 Å². The van der Waals surface area contributed by atoms with E-state index < -0.39 is 0 Å². The zero-order valence-corrected chi connectivity index (χ0v) is 15.9. The topological polar surface area (TPSA) is 109 Å².